The van der Waals surface area contributed by atoms with Crippen LogP contribution in [0.4, 0.5) is 22.4 Å². The van der Waals surface area contributed by atoms with E-state index in [1.165, 1.54) is 12.1 Å². The molecule has 1 saturated heterocycles. The lowest BCUT2D eigenvalue weighted by molar-refractivity contribution is -0.124. The maximum Gasteiger partial charge on any atom is 0.405 e. The minimum atomic E-state index is -4.58. The second-order valence-electron chi connectivity index (χ2n) is 7.05. The van der Waals surface area contributed by atoms with E-state index in [1.54, 1.807) is 22.0 Å². The molecular weight excluding hydrogens is 468 g/mol. The number of carbonyl (C=O) groups excluding carboxylic acids is 2. The minimum Gasteiger partial charge on any atom is -0.379 e. The normalized spacial score (nSPS) is 14.8. The molecule has 9 nitrogen and oxygen atoms in total. The van der Waals surface area contributed by atoms with Crippen molar-refractivity contribution in [3.63, 3.8) is 0 Å². The number of morpholine rings is 1. The van der Waals surface area contributed by atoms with Gasteiger partial charge in [0.05, 0.1) is 19.0 Å². The van der Waals surface area contributed by atoms with Crippen molar-refractivity contribution in [1.82, 2.24) is 30.3 Å². The van der Waals surface area contributed by atoms with Gasteiger partial charge in [0.25, 0.3) is 0 Å². The zero-order valence-corrected chi connectivity index (χ0v) is 18.2. The summed E-state index contributed by atoms with van der Waals surface area (Å²) in [5.74, 6) is -0.966. The molecule has 3 rings (SSSR count). The van der Waals surface area contributed by atoms with E-state index < -0.39 is 30.5 Å². The first-order chi connectivity index (χ1) is 15.7. The summed E-state index contributed by atoms with van der Waals surface area (Å²) < 4.78 is 56.9. The summed E-state index contributed by atoms with van der Waals surface area (Å²) in [6, 6.07) is 4.50. The number of hydrogen-bond donors (Lipinski definition) is 2. The average molecular weight is 490 g/mol. The Morgan fingerprint density at radius 2 is 1.79 bits per heavy atom. The number of nitrogens with one attached hydrogen (secondary N) is 2. The van der Waals surface area contributed by atoms with Crippen molar-refractivity contribution in [2.75, 3.05) is 45.1 Å². The lowest BCUT2D eigenvalue weighted by Gasteiger charge is -2.27. The Labute approximate surface area is 190 Å². The highest BCUT2D eigenvalue weighted by molar-refractivity contribution is 7.99. The largest absolute Gasteiger partial charge is 0.405 e. The number of benzene rings is 1. The van der Waals surface area contributed by atoms with Gasteiger partial charge in [-0.15, -0.1) is 10.2 Å². The lowest BCUT2D eigenvalue weighted by atomic mass is 10.2. The number of rotatable bonds is 8. The molecule has 2 aromatic rings. The molecule has 0 unspecified atom stereocenters. The monoisotopic (exact) mass is 490 g/mol. The molecule has 0 aliphatic carbocycles. The van der Waals surface area contributed by atoms with Gasteiger partial charge in [0.15, 0.2) is 11.0 Å². The van der Waals surface area contributed by atoms with E-state index in [0.717, 1.165) is 24.9 Å². The van der Waals surface area contributed by atoms with Gasteiger partial charge < -0.3 is 14.6 Å². The van der Waals surface area contributed by atoms with Crippen molar-refractivity contribution in [1.29, 1.82) is 0 Å². The smallest absolute Gasteiger partial charge is 0.379 e. The SMILES string of the molecule is O=C(CSc1nnc(-c2ccc(F)cc2)n1CCN1CCOCC1)NC(=O)NCC(F)(F)F. The van der Waals surface area contributed by atoms with E-state index in [-0.39, 0.29) is 5.75 Å². The second-order valence-corrected chi connectivity index (χ2v) is 8.00. The molecule has 0 radical (unpaired) electrons. The second kappa shape index (κ2) is 11.4. The van der Waals surface area contributed by atoms with Gasteiger partial charge in [0.1, 0.15) is 12.4 Å². The third-order valence-corrected chi connectivity index (χ3v) is 5.56. The zero-order valence-electron chi connectivity index (χ0n) is 17.4. The van der Waals surface area contributed by atoms with E-state index in [4.69, 9.17) is 4.74 Å². The van der Waals surface area contributed by atoms with Crippen molar-refractivity contribution >= 4 is 23.7 Å². The molecule has 1 aliphatic rings. The van der Waals surface area contributed by atoms with E-state index >= 15 is 0 Å². The molecule has 0 spiro atoms. The molecule has 33 heavy (non-hydrogen) atoms. The molecule has 3 amide bonds. The fraction of sp³-hybridized carbons (Fsp3) is 0.474. The number of alkyl halides is 3. The highest BCUT2D eigenvalue weighted by atomic mass is 32.2. The Balaban J connectivity index is 1.65. The van der Waals surface area contributed by atoms with Crippen LogP contribution in [0, 0.1) is 5.82 Å². The highest BCUT2D eigenvalue weighted by Gasteiger charge is 2.28. The molecular formula is C19H22F4N6O3S. The number of thioether (sulfide) groups is 1. The van der Waals surface area contributed by atoms with Crippen molar-refractivity contribution in [3.05, 3.63) is 30.1 Å². The van der Waals surface area contributed by atoms with Crippen molar-refractivity contribution < 1.29 is 31.9 Å². The molecule has 180 valence electrons. The fourth-order valence-electron chi connectivity index (χ4n) is 2.99. The van der Waals surface area contributed by atoms with Crippen LogP contribution in [0.15, 0.2) is 29.4 Å². The molecule has 1 aromatic carbocycles. The van der Waals surface area contributed by atoms with Gasteiger partial charge in [-0.25, -0.2) is 9.18 Å². The van der Waals surface area contributed by atoms with Gasteiger partial charge in [-0.3, -0.25) is 15.0 Å². The standard InChI is InChI=1S/C19H22F4N6O3S/c20-14-3-1-13(2-4-14)16-26-27-18(29(16)6-5-28-7-9-32-10-8-28)33-11-15(30)25-17(31)24-12-19(21,22)23/h1-4H,5-12H2,(H2,24,25,30,31). The van der Waals surface area contributed by atoms with Gasteiger partial charge in [-0.05, 0) is 24.3 Å². The van der Waals surface area contributed by atoms with E-state index in [1.807, 2.05) is 5.32 Å². The number of nitrogens with zero attached hydrogens (tertiary/aromatic N) is 4. The number of imide groups is 1. The summed E-state index contributed by atoms with van der Waals surface area (Å²) in [5.41, 5.74) is 0.633. The number of halogens is 4. The van der Waals surface area contributed by atoms with Crippen LogP contribution in [-0.2, 0) is 16.1 Å². The molecule has 2 N–H and O–H groups in total. The number of hydrogen-bond acceptors (Lipinski definition) is 7. The van der Waals surface area contributed by atoms with Crippen LogP contribution in [0.1, 0.15) is 0 Å². The van der Waals surface area contributed by atoms with Gasteiger partial charge in [0, 0.05) is 31.7 Å². The molecule has 0 bridgehead atoms. The number of urea groups is 1. The van der Waals surface area contributed by atoms with E-state index in [2.05, 4.69) is 15.1 Å². The maximum atomic E-state index is 13.3. The van der Waals surface area contributed by atoms with Crippen molar-refractivity contribution in [2.24, 2.45) is 0 Å². The van der Waals surface area contributed by atoms with Crippen LogP contribution in [0.3, 0.4) is 0 Å². The van der Waals surface area contributed by atoms with Crippen LogP contribution < -0.4 is 10.6 Å². The van der Waals surface area contributed by atoms with Crippen LogP contribution in [0.2, 0.25) is 0 Å². The molecule has 14 heteroatoms. The van der Waals surface area contributed by atoms with Gasteiger partial charge in [-0.2, -0.15) is 13.2 Å². The number of aromatic nitrogens is 3. The molecule has 0 saturated carbocycles. The van der Waals surface area contributed by atoms with Gasteiger partial charge in [-0.1, -0.05) is 11.8 Å². The first-order valence-corrected chi connectivity index (χ1v) is 11.0. The number of ether oxygens (including phenoxy) is 1. The van der Waals surface area contributed by atoms with Gasteiger partial charge >= 0.3 is 12.2 Å². The quantitative estimate of drug-likeness (QED) is 0.431. The Bertz CT molecular complexity index is 948. The molecule has 1 fully saturated rings. The Hall–Kier alpha value is -2.71. The third kappa shape index (κ3) is 7.98. The summed E-state index contributed by atoms with van der Waals surface area (Å²) in [7, 11) is 0. The van der Waals surface area contributed by atoms with E-state index in [0.29, 0.717) is 42.8 Å². The lowest BCUT2D eigenvalue weighted by Crippen LogP contribution is -2.44. The fourth-order valence-corrected chi connectivity index (χ4v) is 3.76. The molecule has 2 heterocycles. The minimum absolute atomic E-state index is 0.265. The van der Waals surface area contributed by atoms with Crippen molar-refractivity contribution in [3.8, 4) is 11.4 Å². The van der Waals surface area contributed by atoms with E-state index in [9.17, 15) is 27.2 Å². The predicted octanol–water partition coefficient (Wildman–Crippen LogP) is 1.90. The van der Waals surface area contributed by atoms with Gasteiger partial charge in [0.2, 0.25) is 5.91 Å². The van der Waals surface area contributed by atoms with Crippen LogP contribution >= 0.6 is 11.8 Å². The Morgan fingerprint density at radius 3 is 2.45 bits per heavy atom. The van der Waals surface area contributed by atoms with Crippen molar-refractivity contribution in [2.45, 2.75) is 17.9 Å². The Kier molecular flexibility index (Phi) is 8.63. The number of carbonyl (C=O) groups is 2. The first kappa shape index (κ1) is 24.9. The maximum absolute atomic E-state index is 13.3. The Morgan fingerprint density at radius 1 is 1.09 bits per heavy atom. The van der Waals surface area contributed by atoms with Crippen LogP contribution in [0.25, 0.3) is 11.4 Å². The molecule has 1 aliphatic heterocycles. The topological polar surface area (TPSA) is 101 Å². The molecule has 1 aromatic heterocycles. The van der Waals surface area contributed by atoms with Crippen LogP contribution in [0.5, 0.6) is 0 Å². The predicted molar refractivity (Wildman–Crippen MR) is 111 cm³/mol. The summed E-state index contributed by atoms with van der Waals surface area (Å²) in [6.45, 7) is 2.40. The summed E-state index contributed by atoms with van der Waals surface area (Å²) in [6.07, 6.45) is -4.58. The van der Waals surface area contributed by atoms with Crippen LogP contribution in [-0.4, -0.2) is 82.9 Å². The third-order valence-electron chi connectivity index (χ3n) is 4.60. The number of amides is 3. The summed E-state index contributed by atoms with van der Waals surface area (Å²) in [4.78, 5) is 25.6. The summed E-state index contributed by atoms with van der Waals surface area (Å²) >= 11 is 0.984. The first-order valence-electron chi connectivity index (χ1n) is 9.98. The summed E-state index contributed by atoms with van der Waals surface area (Å²) in [5, 5.41) is 12.1. The highest BCUT2D eigenvalue weighted by Crippen LogP contribution is 2.24. The average Bonchev–Trinajstić information content (AvgIpc) is 3.18. The zero-order chi connectivity index (χ0) is 23.8. The molecule has 0 atom stereocenters.